The summed E-state index contributed by atoms with van der Waals surface area (Å²) in [7, 11) is 1.38. The molecule has 124 valence electrons. The maximum Gasteiger partial charge on any atom is 0.348 e. The van der Waals surface area contributed by atoms with Crippen molar-refractivity contribution in [3.8, 4) is 28.1 Å². The minimum atomic E-state index is -0.349. The molecule has 0 bridgehead atoms. The molecule has 5 heteroatoms. The smallest absolute Gasteiger partial charge is 0.348 e. The number of aromatic hydroxyl groups is 1. The second-order valence-corrected chi connectivity index (χ2v) is 6.66. The van der Waals surface area contributed by atoms with E-state index < -0.39 is 0 Å². The predicted octanol–water partition coefficient (Wildman–Crippen LogP) is 5.06. The van der Waals surface area contributed by atoms with Crippen LogP contribution in [0.15, 0.2) is 60.7 Å². The molecule has 0 aliphatic heterocycles. The van der Waals surface area contributed by atoms with Gasteiger partial charge in [-0.25, -0.2) is 4.79 Å². The summed E-state index contributed by atoms with van der Waals surface area (Å²) in [6.45, 7) is 0. The number of aromatic nitrogens is 1. The van der Waals surface area contributed by atoms with Crippen molar-refractivity contribution < 1.29 is 14.6 Å². The lowest BCUT2D eigenvalue weighted by molar-refractivity contribution is 0.0606. The van der Waals surface area contributed by atoms with E-state index in [-0.39, 0.29) is 11.7 Å². The van der Waals surface area contributed by atoms with Gasteiger partial charge >= 0.3 is 5.97 Å². The third-order valence-corrected chi connectivity index (χ3v) is 5.22. The van der Waals surface area contributed by atoms with Crippen LogP contribution in [0.1, 0.15) is 9.67 Å². The number of methoxy groups -OCH3 is 1. The number of H-pyrrole nitrogens is 1. The van der Waals surface area contributed by atoms with Crippen molar-refractivity contribution in [1.82, 2.24) is 4.98 Å². The number of thiophene rings is 1. The molecule has 0 aliphatic rings. The lowest BCUT2D eigenvalue weighted by atomic mass is 10.0. The Balaban J connectivity index is 2.02. The Morgan fingerprint density at radius 2 is 1.80 bits per heavy atom. The maximum absolute atomic E-state index is 11.9. The number of aromatic amines is 1. The van der Waals surface area contributed by atoms with Gasteiger partial charge in [-0.1, -0.05) is 42.5 Å². The standard InChI is InChI=1S/C20H15NO3S/c1-24-20(23)16-11-14-19(25-16)17(12-7-3-2-4-8-12)18(21-14)13-9-5-6-10-15(13)22/h2-11,21-22H,1H3. The molecule has 0 spiro atoms. The van der Waals surface area contributed by atoms with E-state index in [1.165, 1.54) is 18.4 Å². The maximum atomic E-state index is 11.9. The van der Waals surface area contributed by atoms with E-state index in [0.29, 0.717) is 4.88 Å². The van der Waals surface area contributed by atoms with Gasteiger partial charge in [-0.3, -0.25) is 0 Å². The fourth-order valence-corrected chi connectivity index (χ4v) is 4.05. The predicted molar refractivity (Wildman–Crippen MR) is 100 cm³/mol. The highest BCUT2D eigenvalue weighted by atomic mass is 32.1. The zero-order valence-corrected chi connectivity index (χ0v) is 14.3. The first-order valence-electron chi connectivity index (χ1n) is 7.76. The number of fused-ring (bicyclic) bond motifs is 1. The zero-order valence-electron chi connectivity index (χ0n) is 13.4. The van der Waals surface area contributed by atoms with Crippen LogP contribution in [0.25, 0.3) is 32.6 Å². The molecule has 2 N–H and O–H groups in total. The number of hydrogen-bond donors (Lipinski definition) is 2. The van der Waals surface area contributed by atoms with Crippen LogP contribution < -0.4 is 0 Å². The number of benzene rings is 2. The summed E-state index contributed by atoms with van der Waals surface area (Å²) in [4.78, 5) is 15.8. The largest absolute Gasteiger partial charge is 0.507 e. The van der Waals surface area contributed by atoms with Crippen LogP contribution in [0, 0.1) is 0 Å². The molecule has 0 saturated carbocycles. The van der Waals surface area contributed by atoms with Gasteiger partial charge in [0.25, 0.3) is 0 Å². The van der Waals surface area contributed by atoms with Crippen LogP contribution in [-0.4, -0.2) is 23.2 Å². The molecular weight excluding hydrogens is 334 g/mol. The van der Waals surface area contributed by atoms with E-state index in [2.05, 4.69) is 4.98 Å². The molecule has 0 amide bonds. The quantitative estimate of drug-likeness (QED) is 0.508. The number of nitrogens with one attached hydrogen (secondary N) is 1. The molecular formula is C20H15NO3S. The summed E-state index contributed by atoms with van der Waals surface area (Å²) < 4.78 is 5.80. The molecule has 4 rings (SSSR count). The number of carbonyl (C=O) groups is 1. The molecule has 0 unspecified atom stereocenters. The Morgan fingerprint density at radius 1 is 1.08 bits per heavy atom. The average molecular weight is 349 g/mol. The topological polar surface area (TPSA) is 62.3 Å². The van der Waals surface area contributed by atoms with Crippen LogP contribution in [0.5, 0.6) is 5.75 Å². The van der Waals surface area contributed by atoms with E-state index >= 15 is 0 Å². The first kappa shape index (κ1) is 15.5. The third kappa shape index (κ3) is 2.58. The fourth-order valence-electron chi connectivity index (χ4n) is 2.95. The molecule has 4 aromatic rings. The SMILES string of the molecule is COC(=O)c1cc2[nH]c(-c3ccccc3O)c(-c3ccccc3)c2s1. The number of rotatable bonds is 3. The molecule has 0 fully saturated rings. The van der Waals surface area contributed by atoms with Crippen molar-refractivity contribution in [2.24, 2.45) is 0 Å². The normalized spacial score (nSPS) is 10.9. The Kier molecular flexibility index (Phi) is 3.78. The van der Waals surface area contributed by atoms with E-state index in [9.17, 15) is 9.90 Å². The van der Waals surface area contributed by atoms with Crippen LogP contribution in [0.3, 0.4) is 0 Å². The molecule has 2 aromatic heterocycles. The van der Waals surface area contributed by atoms with Crippen LogP contribution in [0.2, 0.25) is 0 Å². The first-order valence-corrected chi connectivity index (χ1v) is 8.58. The van der Waals surface area contributed by atoms with Crippen molar-refractivity contribution in [3.05, 3.63) is 65.5 Å². The Morgan fingerprint density at radius 3 is 2.52 bits per heavy atom. The summed E-state index contributed by atoms with van der Waals surface area (Å²) in [5.74, 6) is -0.139. The number of carbonyl (C=O) groups excluding carboxylic acids is 1. The number of ether oxygens (including phenoxy) is 1. The Bertz CT molecular complexity index is 1060. The summed E-state index contributed by atoms with van der Waals surface area (Å²) >= 11 is 1.39. The number of phenolic OH excluding ortho intramolecular Hbond substituents is 1. The van der Waals surface area contributed by atoms with Gasteiger partial charge in [-0.05, 0) is 23.8 Å². The van der Waals surface area contributed by atoms with E-state index in [0.717, 1.165) is 32.6 Å². The molecule has 4 nitrogen and oxygen atoms in total. The number of hydrogen-bond acceptors (Lipinski definition) is 4. The van der Waals surface area contributed by atoms with Crippen molar-refractivity contribution in [2.45, 2.75) is 0 Å². The Hall–Kier alpha value is -3.05. The van der Waals surface area contributed by atoms with Crippen molar-refractivity contribution in [1.29, 1.82) is 0 Å². The van der Waals surface area contributed by atoms with Gasteiger partial charge in [-0.2, -0.15) is 0 Å². The highest BCUT2D eigenvalue weighted by molar-refractivity contribution is 7.21. The molecule has 0 aliphatic carbocycles. The van der Waals surface area contributed by atoms with Crippen LogP contribution in [0.4, 0.5) is 0 Å². The van der Waals surface area contributed by atoms with Crippen molar-refractivity contribution in [3.63, 3.8) is 0 Å². The van der Waals surface area contributed by atoms with Gasteiger partial charge in [0, 0.05) is 11.1 Å². The zero-order chi connectivity index (χ0) is 17.4. The number of para-hydroxylation sites is 1. The van der Waals surface area contributed by atoms with Crippen molar-refractivity contribution >= 4 is 27.5 Å². The first-order chi connectivity index (χ1) is 12.2. The summed E-state index contributed by atoms with van der Waals surface area (Å²) in [6, 6.07) is 18.9. The number of esters is 1. The van der Waals surface area contributed by atoms with Crippen molar-refractivity contribution in [2.75, 3.05) is 7.11 Å². The molecule has 2 heterocycles. The molecule has 25 heavy (non-hydrogen) atoms. The van der Waals surface area contributed by atoms with E-state index in [1.807, 2.05) is 42.5 Å². The highest BCUT2D eigenvalue weighted by Gasteiger charge is 2.21. The second-order valence-electron chi connectivity index (χ2n) is 5.60. The molecule has 0 saturated heterocycles. The Labute approximate surface area is 148 Å². The fraction of sp³-hybridized carbons (Fsp3) is 0.0500. The van der Waals surface area contributed by atoms with E-state index in [1.54, 1.807) is 18.2 Å². The minimum absolute atomic E-state index is 0.210. The monoisotopic (exact) mass is 349 g/mol. The summed E-state index contributed by atoms with van der Waals surface area (Å²) in [6.07, 6.45) is 0. The lowest BCUT2D eigenvalue weighted by Gasteiger charge is -2.07. The average Bonchev–Trinajstić information content (AvgIpc) is 3.20. The van der Waals surface area contributed by atoms with Gasteiger partial charge in [0.2, 0.25) is 0 Å². The van der Waals surface area contributed by atoms with Gasteiger partial charge in [-0.15, -0.1) is 11.3 Å². The van der Waals surface area contributed by atoms with Gasteiger partial charge in [0.05, 0.1) is 23.0 Å². The van der Waals surface area contributed by atoms with Gasteiger partial charge in [0.15, 0.2) is 0 Å². The van der Waals surface area contributed by atoms with Gasteiger partial charge in [0.1, 0.15) is 10.6 Å². The van der Waals surface area contributed by atoms with E-state index in [4.69, 9.17) is 4.74 Å². The summed E-state index contributed by atoms with van der Waals surface area (Å²) in [5, 5.41) is 10.3. The van der Waals surface area contributed by atoms with Crippen LogP contribution in [-0.2, 0) is 4.74 Å². The minimum Gasteiger partial charge on any atom is -0.507 e. The van der Waals surface area contributed by atoms with Gasteiger partial charge < -0.3 is 14.8 Å². The molecule has 0 atom stereocenters. The molecule has 2 aromatic carbocycles. The molecule has 0 radical (unpaired) electrons. The lowest BCUT2D eigenvalue weighted by Crippen LogP contribution is -1.96. The summed E-state index contributed by atoms with van der Waals surface area (Å²) in [5.41, 5.74) is 4.40. The second kappa shape index (κ2) is 6.11. The third-order valence-electron chi connectivity index (χ3n) is 4.09. The van der Waals surface area contributed by atoms with Crippen LogP contribution >= 0.6 is 11.3 Å². The number of phenols is 1. The highest BCUT2D eigenvalue weighted by Crippen LogP contribution is 2.44.